The van der Waals surface area contributed by atoms with Crippen molar-refractivity contribution in [1.82, 2.24) is 14.9 Å². The molecule has 0 saturated carbocycles. The predicted molar refractivity (Wildman–Crippen MR) is 135 cm³/mol. The van der Waals surface area contributed by atoms with Gasteiger partial charge >= 0.3 is 0 Å². The minimum absolute atomic E-state index is 0.0893. The van der Waals surface area contributed by atoms with Crippen LogP contribution in [0.4, 0.5) is 28.8 Å². The monoisotopic (exact) mass is 456 g/mol. The van der Waals surface area contributed by atoms with Gasteiger partial charge in [0.2, 0.25) is 17.8 Å². The third kappa shape index (κ3) is 5.23. The standard InChI is InChI=1S/C26H28N6O2/c1-5-24(34)28-21-7-6-8-22(13-21)29-25-17(3)14-27-26(31-25)30-23-12-20-15-32(18(4)33)10-9-19(20)11-16(23)2/h5-8,11-14H,1,9-10,15H2,2-4H3,(H,28,34)(H2,27,29,30,31). The van der Waals surface area contributed by atoms with Crippen molar-refractivity contribution in [2.45, 2.75) is 33.7 Å². The molecule has 0 spiro atoms. The van der Waals surface area contributed by atoms with Crippen molar-refractivity contribution in [2.24, 2.45) is 0 Å². The molecule has 0 atom stereocenters. The number of nitrogens with one attached hydrogen (secondary N) is 3. The highest BCUT2D eigenvalue weighted by Crippen LogP contribution is 2.28. The number of anilines is 5. The zero-order valence-corrected chi connectivity index (χ0v) is 19.6. The van der Waals surface area contributed by atoms with E-state index in [0.29, 0.717) is 24.0 Å². The molecule has 2 amide bonds. The third-order valence-electron chi connectivity index (χ3n) is 5.80. The highest BCUT2D eigenvalue weighted by atomic mass is 16.2. The molecule has 3 aromatic rings. The molecule has 0 unspecified atom stereocenters. The van der Waals surface area contributed by atoms with E-state index in [1.165, 1.54) is 11.6 Å². The van der Waals surface area contributed by atoms with E-state index in [1.54, 1.807) is 19.2 Å². The summed E-state index contributed by atoms with van der Waals surface area (Å²) in [6.07, 6.45) is 3.84. The van der Waals surface area contributed by atoms with Gasteiger partial charge in [-0.15, -0.1) is 0 Å². The van der Waals surface area contributed by atoms with Crippen LogP contribution in [0.5, 0.6) is 0 Å². The quantitative estimate of drug-likeness (QED) is 0.469. The van der Waals surface area contributed by atoms with Crippen molar-refractivity contribution < 1.29 is 9.59 Å². The lowest BCUT2D eigenvalue weighted by atomic mass is 9.96. The van der Waals surface area contributed by atoms with Crippen molar-refractivity contribution in [3.05, 3.63) is 77.5 Å². The molecule has 1 aliphatic heterocycles. The summed E-state index contributed by atoms with van der Waals surface area (Å²) >= 11 is 0. The van der Waals surface area contributed by atoms with E-state index in [2.05, 4.69) is 51.6 Å². The normalized spacial score (nSPS) is 12.5. The maximum absolute atomic E-state index is 11.8. The maximum Gasteiger partial charge on any atom is 0.247 e. The minimum Gasteiger partial charge on any atom is -0.340 e. The van der Waals surface area contributed by atoms with E-state index in [9.17, 15) is 9.59 Å². The first-order chi connectivity index (χ1) is 16.3. The van der Waals surface area contributed by atoms with Crippen LogP contribution in [-0.2, 0) is 22.6 Å². The molecule has 4 rings (SSSR count). The molecular formula is C26H28N6O2. The Balaban J connectivity index is 1.55. The van der Waals surface area contributed by atoms with Crippen LogP contribution >= 0.6 is 0 Å². The number of hydrogen-bond donors (Lipinski definition) is 3. The summed E-state index contributed by atoms with van der Waals surface area (Å²) in [4.78, 5) is 34.4. The number of rotatable bonds is 6. The molecule has 1 aromatic heterocycles. The van der Waals surface area contributed by atoms with Gasteiger partial charge in [-0.3, -0.25) is 9.59 Å². The lowest BCUT2D eigenvalue weighted by molar-refractivity contribution is -0.129. The van der Waals surface area contributed by atoms with Crippen molar-refractivity contribution in [1.29, 1.82) is 0 Å². The van der Waals surface area contributed by atoms with Crippen LogP contribution in [-0.4, -0.2) is 33.2 Å². The van der Waals surface area contributed by atoms with Gasteiger partial charge in [-0.2, -0.15) is 4.98 Å². The minimum atomic E-state index is -0.270. The smallest absolute Gasteiger partial charge is 0.247 e. The summed E-state index contributed by atoms with van der Waals surface area (Å²) in [6.45, 7) is 10.4. The van der Waals surface area contributed by atoms with Gasteiger partial charge in [0.25, 0.3) is 0 Å². The van der Waals surface area contributed by atoms with Crippen molar-refractivity contribution in [2.75, 3.05) is 22.5 Å². The number of aromatic nitrogens is 2. The van der Waals surface area contributed by atoms with Gasteiger partial charge in [0.1, 0.15) is 5.82 Å². The number of carbonyl (C=O) groups is 2. The summed E-state index contributed by atoms with van der Waals surface area (Å²) in [5.74, 6) is 0.940. The van der Waals surface area contributed by atoms with Crippen molar-refractivity contribution in [3.8, 4) is 0 Å². The summed E-state index contributed by atoms with van der Waals surface area (Å²) in [5.41, 5.74) is 6.74. The number of aryl methyl sites for hydroxylation is 2. The van der Waals surface area contributed by atoms with Crippen molar-refractivity contribution in [3.63, 3.8) is 0 Å². The Kier molecular flexibility index (Phi) is 6.58. The Morgan fingerprint density at radius 2 is 1.85 bits per heavy atom. The van der Waals surface area contributed by atoms with Gasteiger partial charge in [0.15, 0.2) is 0 Å². The Labute approximate surface area is 199 Å². The van der Waals surface area contributed by atoms with Crippen LogP contribution in [0.1, 0.15) is 29.2 Å². The van der Waals surface area contributed by atoms with Crippen LogP contribution in [0.3, 0.4) is 0 Å². The Hall–Kier alpha value is -4.20. The van der Waals surface area contributed by atoms with E-state index < -0.39 is 0 Å². The fourth-order valence-corrected chi connectivity index (χ4v) is 3.89. The molecule has 0 saturated heterocycles. The predicted octanol–water partition coefficient (Wildman–Crippen LogP) is 4.61. The second-order valence-corrected chi connectivity index (χ2v) is 8.38. The first-order valence-electron chi connectivity index (χ1n) is 11.1. The Morgan fingerprint density at radius 1 is 1.06 bits per heavy atom. The molecule has 0 radical (unpaired) electrons. The molecule has 8 heteroatoms. The molecule has 34 heavy (non-hydrogen) atoms. The summed E-state index contributed by atoms with van der Waals surface area (Å²) < 4.78 is 0. The summed E-state index contributed by atoms with van der Waals surface area (Å²) in [7, 11) is 0. The second kappa shape index (κ2) is 9.74. The summed E-state index contributed by atoms with van der Waals surface area (Å²) in [5, 5.41) is 9.38. The third-order valence-corrected chi connectivity index (χ3v) is 5.80. The Bertz CT molecular complexity index is 1270. The first kappa shape index (κ1) is 23.0. The van der Waals surface area contributed by atoms with Gasteiger partial charge in [0.05, 0.1) is 0 Å². The molecule has 0 bridgehead atoms. The first-order valence-corrected chi connectivity index (χ1v) is 11.1. The molecule has 0 fully saturated rings. The number of amides is 2. The van der Waals surface area contributed by atoms with Gasteiger partial charge < -0.3 is 20.9 Å². The molecule has 174 valence electrons. The average molecular weight is 457 g/mol. The van der Waals surface area contributed by atoms with Crippen LogP contribution in [0, 0.1) is 13.8 Å². The molecule has 2 aromatic carbocycles. The van der Waals surface area contributed by atoms with Crippen LogP contribution in [0.2, 0.25) is 0 Å². The summed E-state index contributed by atoms with van der Waals surface area (Å²) in [6, 6.07) is 11.6. The molecule has 8 nitrogen and oxygen atoms in total. The fraction of sp³-hybridized carbons (Fsp3) is 0.231. The van der Waals surface area contributed by atoms with Crippen molar-refractivity contribution >= 4 is 40.6 Å². The maximum atomic E-state index is 11.8. The zero-order valence-electron chi connectivity index (χ0n) is 19.6. The molecule has 1 aliphatic rings. The largest absolute Gasteiger partial charge is 0.340 e. The lowest BCUT2D eigenvalue weighted by Gasteiger charge is -2.29. The molecule has 2 heterocycles. The number of nitrogens with zero attached hydrogens (tertiary/aromatic N) is 3. The average Bonchev–Trinajstić information content (AvgIpc) is 2.81. The molecular weight excluding hydrogens is 428 g/mol. The number of fused-ring (bicyclic) bond motifs is 1. The van der Waals surface area contributed by atoms with E-state index in [4.69, 9.17) is 0 Å². The van der Waals surface area contributed by atoms with E-state index >= 15 is 0 Å². The lowest BCUT2D eigenvalue weighted by Crippen LogP contribution is -2.34. The topological polar surface area (TPSA) is 99.2 Å². The SMILES string of the molecule is C=CC(=O)Nc1cccc(Nc2nc(Nc3cc4c(cc3C)CCN(C(C)=O)C4)ncc2C)c1. The number of hydrogen-bond acceptors (Lipinski definition) is 6. The molecule has 3 N–H and O–H groups in total. The highest BCUT2D eigenvalue weighted by Gasteiger charge is 2.19. The fourth-order valence-electron chi connectivity index (χ4n) is 3.89. The van der Waals surface area contributed by atoms with Gasteiger partial charge in [-0.05, 0) is 67.3 Å². The number of benzene rings is 2. The second-order valence-electron chi connectivity index (χ2n) is 8.38. The Morgan fingerprint density at radius 3 is 2.62 bits per heavy atom. The number of carbonyl (C=O) groups excluding carboxylic acids is 2. The highest BCUT2D eigenvalue weighted by molar-refractivity contribution is 5.99. The van der Waals surface area contributed by atoms with Gasteiger partial charge in [-0.1, -0.05) is 18.7 Å². The van der Waals surface area contributed by atoms with E-state index in [1.807, 2.05) is 30.0 Å². The van der Waals surface area contributed by atoms with Gasteiger partial charge in [0, 0.05) is 48.8 Å². The van der Waals surface area contributed by atoms with E-state index in [-0.39, 0.29) is 11.8 Å². The van der Waals surface area contributed by atoms with Gasteiger partial charge in [-0.25, -0.2) is 4.98 Å². The zero-order chi connectivity index (χ0) is 24.2. The van der Waals surface area contributed by atoms with Crippen LogP contribution in [0.25, 0.3) is 0 Å². The van der Waals surface area contributed by atoms with E-state index in [0.717, 1.165) is 41.0 Å². The molecule has 0 aliphatic carbocycles. The van der Waals surface area contributed by atoms with Crippen LogP contribution < -0.4 is 16.0 Å². The van der Waals surface area contributed by atoms with Crippen LogP contribution in [0.15, 0.2) is 55.3 Å².